The van der Waals surface area contributed by atoms with E-state index in [0.717, 1.165) is 12.1 Å². The van der Waals surface area contributed by atoms with Crippen LogP contribution in [0.3, 0.4) is 0 Å². The van der Waals surface area contributed by atoms with Crippen molar-refractivity contribution in [2.24, 2.45) is 0 Å². The molecule has 1 rings (SSSR count). The van der Waals surface area contributed by atoms with Crippen LogP contribution in [0, 0.1) is 11.3 Å². The fourth-order valence-corrected chi connectivity index (χ4v) is 1.34. The van der Waals surface area contributed by atoms with Gasteiger partial charge >= 0.3 is 0 Å². The molecule has 0 unspecified atom stereocenters. The molecule has 3 heteroatoms. The number of hydrogen-bond acceptors (Lipinski definition) is 2. The van der Waals surface area contributed by atoms with Crippen LogP contribution in [-0.2, 0) is 6.54 Å². The van der Waals surface area contributed by atoms with Gasteiger partial charge in [-0.3, -0.25) is 0 Å². The smallest absolute Gasteiger partial charge is 0.120 e. The molecular formula is C13H19N3. The van der Waals surface area contributed by atoms with E-state index in [4.69, 9.17) is 5.26 Å². The highest BCUT2D eigenvalue weighted by atomic mass is 15.0. The molecule has 16 heavy (non-hydrogen) atoms. The quantitative estimate of drug-likeness (QED) is 0.786. The summed E-state index contributed by atoms with van der Waals surface area (Å²) in [5.41, 5.74) is 1.84. The molecule has 0 aromatic carbocycles. The van der Waals surface area contributed by atoms with Crippen LogP contribution < -0.4 is 5.32 Å². The van der Waals surface area contributed by atoms with Crippen LogP contribution in [0.1, 0.15) is 26.5 Å². The van der Waals surface area contributed by atoms with Crippen LogP contribution in [0.25, 0.3) is 0 Å². The molecule has 0 saturated carbocycles. The van der Waals surface area contributed by atoms with E-state index in [1.807, 2.05) is 22.9 Å². The number of nitriles is 1. The Kier molecular flexibility index (Phi) is 3.92. The minimum absolute atomic E-state index is 0.0949. The molecule has 0 fully saturated rings. The van der Waals surface area contributed by atoms with Gasteiger partial charge in [0.25, 0.3) is 0 Å². The fourth-order valence-electron chi connectivity index (χ4n) is 1.34. The number of aromatic nitrogens is 1. The van der Waals surface area contributed by atoms with Crippen LogP contribution in [-0.4, -0.2) is 16.7 Å². The zero-order valence-electron chi connectivity index (χ0n) is 10.2. The largest absolute Gasteiger partial charge is 0.335 e. The Morgan fingerprint density at radius 2 is 2.25 bits per heavy atom. The molecule has 3 nitrogen and oxygen atoms in total. The summed E-state index contributed by atoms with van der Waals surface area (Å²) in [4.78, 5) is 0. The first-order valence-corrected chi connectivity index (χ1v) is 5.39. The van der Waals surface area contributed by atoms with Gasteiger partial charge in [0, 0.05) is 24.8 Å². The molecule has 1 aromatic rings. The van der Waals surface area contributed by atoms with Gasteiger partial charge in [-0.1, -0.05) is 6.58 Å². The molecule has 1 N–H and O–H groups in total. The van der Waals surface area contributed by atoms with Crippen molar-refractivity contribution < 1.29 is 0 Å². The molecule has 0 spiro atoms. The molecule has 0 radical (unpaired) electrons. The molecule has 0 amide bonds. The Balaban J connectivity index is 2.50. The molecule has 1 heterocycles. The van der Waals surface area contributed by atoms with Crippen LogP contribution >= 0.6 is 0 Å². The van der Waals surface area contributed by atoms with Crippen LogP contribution in [0.4, 0.5) is 0 Å². The van der Waals surface area contributed by atoms with Gasteiger partial charge in [0.05, 0.1) is 0 Å². The Hall–Kier alpha value is -1.53. The SMILES string of the molecule is C=C(CNC(C)(C)C)Cn1cccc1C#N. The third-order valence-electron chi connectivity index (χ3n) is 2.21. The topological polar surface area (TPSA) is 40.8 Å². The average Bonchev–Trinajstić information content (AvgIpc) is 2.61. The summed E-state index contributed by atoms with van der Waals surface area (Å²) in [6, 6.07) is 5.84. The summed E-state index contributed by atoms with van der Waals surface area (Å²) >= 11 is 0. The normalized spacial score (nSPS) is 11.1. The van der Waals surface area contributed by atoms with E-state index in [1.165, 1.54) is 0 Å². The van der Waals surface area contributed by atoms with E-state index in [2.05, 4.69) is 38.7 Å². The Bertz CT molecular complexity index is 402. The predicted octanol–water partition coefficient (Wildman–Crippen LogP) is 2.30. The zero-order valence-corrected chi connectivity index (χ0v) is 10.2. The summed E-state index contributed by atoms with van der Waals surface area (Å²) in [6.07, 6.45) is 1.90. The molecule has 0 aliphatic carbocycles. The highest BCUT2D eigenvalue weighted by Gasteiger charge is 2.09. The maximum atomic E-state index is 8.86. The minimum atomic E-state index is 0.0949. The Morgan fingerprint density at radius 1 is 1.56 bits per heavy atom. The average molecular weight is 217 g/mol. The van der Waals surface area contributed by atoms with Gasteiger partial charge in [-0.05, 0) is 38.5 Å². The van der Waals surface area contributed by atoms with E-state index < -0.39 is 0 Å². The fraction of sp³-hybridized carbons (Fsp3) is 0.462. The lowest BCUT2D eigenvalue weighted by molar-refractivity contribution is 0.440. The molecule has 0 bridgehead atoms. The first-order chi connectivity index (χ1) is 7.42. The summed E-state index contributed by atoms with van der Waals surface area (Å²) in [6.45, 7) is 11.8. The summed E-state index contributed by atoms with van der Waals surface area (Å²) in [5.74, 6) is 0. The van der Waals surface area contributed by atoms with Crippen molar-refractivity contribution in [3.05, 3.63) is 36.2 Å². The zero-order chi connectivity index (χ0) is 12.2. The van der Waals surface area contributed by atoms with Crippen LogP contribution in [0.5, 0.6) is 0 Å². The third kappa shape index (κ3) is 3.92. The molecular weight excluding hydrogens is 198 g/mol. The lowest BCUT2D eigenvalue weighted by atomic mass is 10.1. The van der Waals surface area contributed by atoms with E-state index >= 15 is 0 Å². The van der Waals surface area contributed by atoms with Gasteiger partial charge in [-0.25, -0.2) is 0 Å². The lowest BCUT2D eigenvalue weighted by Crippen LogP contribution is -2.37. The van der Waals surface area contributed by atoms with Gasteiger partial charge in [0.2, 0.25) is 0 Å². The molecule has 86 valence electrons. The second-order valence-corrected chi connectivity index (χ2v) is 4.99. The number of nitrogens with zero attached hydrogens (tertiary/aromatic N) is 2. The Labute approximate surface area is 97.4 Å². The van der Waals surface area contributed by atoms with E-state index in [1.54, 1.807) is 0 Å². The van der Waals surface area contributed by atoms with E-state index in [-0.39, 0.29) is 5.54 Å². The van der Waals surface area contributed by atoms with E-state index in [0.29, 0.717) is 12.2 Å². The van der Waals surface area contributed by atoms with E-state index in [9.17, 15) is 0 Å². The summed E-state index contributed by atoms with van der Waals surface area (Å²) < 4.78 is 1.91. The number of hydrogen-bond donors (Lipinski definition) is 1. The monoisotopic (exact) mass is 217 g/mol. The van der Waals surface area contributed by atoms with Gasteiger partial charge < -0.3 is 9.88 Å². The lowest BCUT2D eigenvalue weighted by Gasteiger charge is -2.21. The second-order valence-electron chi connectivity index (χ2n) is 4.99. The predicted molar refractivity (Wildman–Crippen MR) is 66.0 cm³/mol. The van der Waals surface area contributed by atoms with Crippen LogP contribution in [0.2, 0.25) is 0 Å². The first kappa shape index (κ1) is 12.5. The minimum Gasteiger partial charge on any atom is -0.335 e. The van der Waals surface area contributed by atoms with Crippen molar-refractivity contribution in [2.45, 2.75) is 32.9 Å². The van der Waals surface area contributed by atoms with Gasteiger partial charge in [-0.2, -0.15) is 5.26 Å². The molecule has 0 aliphatic heterocycles. The number of nitrogens with one attached hydrogen (secondary N) is 1. The van der Waals surface area contributed by atoms with Crippen molar-refractivity contribution in [1.82, 2.24) is 9.88 Å². The van der Waals surface area contributed by atoms with Crippen molar-refractivity contribution >= 4 is 0 Å². The van der Waals surface area contributed by atoms with Crippen molar-refractivity contribution in [1.29, 1.82) is 5.26 Å². The maximum absolute atomic E-state index is 8.86. The standard InChI is InChI=1S/C13H19N3/c1-11(9-15-13(2,3)4)10-16-7-5-6-12(16)8-14/h5-7,15H,1,9-10H2,2-4H3. The van der Waals surface area contributed by atoms with Gasteiger partial charge in [0.15, 0.2) is 0 Å². The number of rotatable bonds is 4. The van der Waals surface area contributed by atoms with Crippen molar-refractivity contribution in [2.75, 3.05) is 6.54 Å². The maximum Gasteiger partial charge on any atom is 0.120 e. The van der Waals surface area contributed by atoms with Gasteiger partial charge in [0.1, 0.15) is 11.8 Å². The molecule has 0 aliphatic rings. The Morgan fingerprint density at radius 3 is 2.81 bits per heavy atom. The second kappa shape index (κ2) is 5.00. The molecule has 0 atom stereocenters. The first-order valence-electron chi connectivity index (χ1n) is 5.39. The van der Waals surface area contributed by atoms with Crippen LogP contribution in [0.15, 0.2) is 30.5 Å². The molecule has 0 saturated heterocycles. The summed E-state index contributed by atoms with van der Waals surface area (Å²) in [5, 5.41) is 12.2. The van der Waals surface area contributed by atoms with Gasteiger partial charge in [-0.15, -0.1) is 0 Å². The highest BCUT2D eigenvalue weighted by molar-refractivity contribution is 5.23. The van der Waals surface area contributed by atoms with Crippen molar-refractivity contribution in [3.8, 4) is 6.07 Å². The summed E-state index contributed by atoms with van der Waals surface area (Å²) in [7, 11) is 0. The highest BCUT2D eigenvalue weighted by Crippen LogP contribution is 2.05. The van der Waals surface area contributed by atoms with Crippen molar-refractivity contribution in [3.63, 3.8) is 0 Å². The molecule has 1 aromatic heterocycles. The third-order valence-corrected chi connectivity index (χ3v) is 2.21.